The van der Waals surface area contributed by atoms with E-state index in [9.17, 15) is 9.18 Å². The Hall–Kier alpha value is -2.37. The van der Waals surface area contributed by atoms with Gasteiger partial charge in [0.1, 0.15) is 23.0 Å². The summed E-state index contributed by atoms with van der Waals surface area (Å²) in [5, 5.41) is 0.946. The van der Waals surface area contributed by atoms with Crippen molar-refractivity contribution in [1.29, 1.82) is 0 Å². The molecule has 1 amide bonds. The lowest BCUT2D eigenvalue weighted by Gasteiger charge is -2.35. The summed E-state index contributed by atoms with van der Waals surface area (Å²) in [5.41, 5.74) is 0.122. The lowest BCUT2D eigenvalue weighted by atomic mass is 10.1. The van der Waals surface area contributed by atoms with Gasteiger partial charge >= 0.3 is 6.09 Å². The van der Waals surface area contributed by atoms with Gasteiger partial charge in [-0.05, 0) is 32.9 Å². The Bertz CT molecular complexity index is 754. The smallest absolute Gasteiger partial charge is 0.410 e. The van der Waals surface area contributed by atoms with E-state index in [4.69, 9.17) is 9.47 Å². The van der Waals surface area contributed by atoms with Crippen LogP contribution in [-0.4, -0.2) is 46.9 Å². The molecule has 0 saturated carbocycles. The number of para-hydroxylation sites is 1. The van der Waals surface area contributed by atoms with Crippen LogP contribution in [0, 0.1) is 0 Å². The van der Waals surface area contributed by atoms with E-state index >= 15 is 0 Å². The SMILES string of the molecule is CC(C)(C)OC(=O)N1CC[C@H](Oc2cccc3cccnc23)[C@@H](F)C1. The molecule has 0 aliphatic carbocycles. The quantitative estimate of drug-likeness (QED) is 0.826. The average molecular weight is 346 g/mol. The van der Waals surface area contributed by atoms with Crippen molar-refractivity contribution in [2.45, 2.75) is 45.1 Å². The first-order chi connectivity index (χ1) is 11.8. The average Bonchev–Trinajstić information content (AvgIpc) is 2.55. The van der Waals surface area contributed by atoms with Crippen molar-refractivity contribution in [3.05, 3.63) is 36.5 Å². The van der Waals surface area contributed by atoms with E-state index in [1.54, 1.807) is 33.0 Å². The van der Waals surface area contributed by atoms with E-state index in [0.29, 0.717) is 24.2 Å². The van der Waals surface area contributed by atoms with Crippen molar-refractivity contribution < 1.29 is 18.7 Å². The van der Waals surface area contributed by atoms with Crippen LogP contribution in [0.3, 0.4) is 0 Å². The topological polar surface area (TPSA) is 51.7 Å². The van der Waals surface area contributed by atoms with Gasteiger partial charge in [-0.25, -0.2) is 9.18 Å². The summed E-state index contributed by atoms with van der Waals surface area (Å²) in [6.45, 7) is 5.75. The molecule has 2 aromatic rings. The van der Waals surface area contributed by atoms with E-state index in [1.807, 2.05) is 24.3 Å². The molecule has 134 valence electrons. The van der Waals surface area contributed by atoms with Crippen molar-refractivity contribution in [2.75, 3.05) is 13.1 Å². The fourth-order valence-electron chi connectivity index (χ4n) is 2.84. The van der Waals surface area contributed by atoms with Crippen LogP contribution in [0.1, 0.15) is 27.2 Å². The van der Waals surface area contributed by atoms with Crippen molar-refractivity contribution in [3.8, 4) is 5.75 Å². The van der Waals surface area contributed by atoms with Gasteiger partial charge in [0.2, 0.25) is 0 Å². The molecule has 0 N–H and O–H groups in total. The first-order valence-electron chi connectivity index (χ1n) is 8.46. The summed E-state index contributed by atoms with van der Waals surface area (Å²) in [6, 6.07) is 9.38. The third-order valence-corrected chi connectivity index (χ3v) is 4.01. The second-order valence-electron chi connectivity index (χ2n) is 7.22. The molecule has 1 saturated heterocycles. The highest BCUT2D eigenvalue weighted by molar-refractivity contribution is 5.84. The van der Waals surface area contributed by atoms with Crippen LogP contribution in [0.4, 0.5) is 9.18 Å². The maximum atomic E-state index is 14.6. The zero-order valence-electron chi connectivity index (χ0n) is 14.7. The van der Waals surface area contributed by atoms with E-state index < -0.39 is 24.0 Å². The standard InChI is InChI=1S/C19H23FN2O3/c1-19(2,3)25-18(23)22-11-9-15(14(20)12-22)24-16-8-4-6-13-7-5-10-21-17(13)16/h4-8,10,14-15H,9,11-12H2,1-3H3/t14-,15-/m0/s1. The second-order valence-corrected chi connectivity index (χ2v) is 7.22. The van der Waals surface area contributed by atoms with Crippen molar-refractivity contribution in [3.63, 3.8) is 0 Å². The number of piperidine rings is 1. The fraction of sp³-hybridized carbons (Fsp3) is 0.474. The Morgan fingerprint density at radius 1 is 1.28 bits per heavy atom. The highest BCUT2D eigenvalue weighted by Crippen LogP contribution is 2.27. The number of alkyl halides is 1. The number of hydrogen-bond acceptors (Lipinski definition) is 4. The summed E-state index contributed by atoms with van der Waals surface area (Å²) < 4.78 is 25.8. The maximum absolute atomic E-state index is 14.6. The van der Waals surface area contributed by atoms with E-state index in [0.717, 1.165) is 5.39 Å². The van der Waals surface area contributed by atoms with Crippen molar-refractivity contribution >= 4 is 17.0 Å². The third kappa shape index (κ3) is 4.18. The van der Waals surface area contributed by atoms with Gasteiger partial charge in [0.15, 0.2) is 6.17 Å². The number of hydrogen-bond donors (Lipinski definition) is 0. The van der Waals surface area contributed by atoms with Crippen LogP contribution < -0.4 is 4.74 Å². The van der Waals surface area contributed by atoms with E-state index in [-0.39, 0.29) is 6.54 Å². The Morgan fingerprint density at radius 2 is 2.04 bits per heavy atom. The first-order valence-corrected chi connectivity index (χ1v) is 8.46. The molecular formula is C19H23FN2O3. The molecule has 1 aliphatic heterocycles. The molecule has 1 aliphatic rings. The molecule has 1 aromatic heterocycles. The number of likely N-dealkylation sites (tertiary alicyclic amines) is 1. The number of nitrogens with zero attached hydrogens (tertiary/aromatic N) is 2. The zero-order chi connectivity index (χ0) is 18.0. The molecule has 3 rings (SSSR count). The van der Waals surface area contributed by atoms with Crippen LogP contribution in [0.2, 0.25) is 0 Å². The van der Waals surface area contributed by atoms with Crippen LogP contribution in [-0.2, 0) is 4.74 Å². The van der Waals surface area contributed by atoms with Crippen molar-refractivity contribution in [1.82, 2.24) is 9.88 Å². The monoisotopic (exact) mass is 346 g/mol. The predicted octanol–water partition coefficient (Wildman–Crippen LogP) is 3.96. The fourth-order valence-corrected chi connectivity index (χ4v) is 2.84. The Morgan fingerprint density at radius 3 is 2.76 bits per heavy atom. The molecule has 6 heteroatoms. The van der Waals surface area contributed by atoms with Crippen LogP contribution in [0.5, 0.6) is 5.75 Å². The summed E-state index contributed by atoms with van der Waals surface area (Å²) in [7, 11) is 0. The van der Waals surface area contributed by atoms with Gasteiger partial charge in [-0.15, -0.1) is 0 Å². The van der Waals surface area contributed by atoms with Gasteiger partial charge in [-0.3, -0.25) is 4.98 Å². The number of aromatic nitrogens is 1. The number of carbonyl (C=O) groups excluding carboxylic acids is 1. The molecule has 2 atom stereocenters. The van der Waals surface area contributed by atoms with Gasteiger partial charge in [0.25, 0.3) is 0 Å². The van der Waals surface area contributed by atoms with Gasteiger partial charge < -0.3 is 14.4 Å². The van der Waals surface area contributed by atoms with Crippen molar-refractivity contribution in [2.24, 2.45) is 0 Å². The van der Waals surface area contributed by atoms with Gasteiger partial charge in [0.05, 0.1) is 6.54 Å². The van der Waals surface area contributed by atoms with Crippen LogP contribution >= 0.6 is 0 Å². The predicted molar refractivity (Wildman–Crippen MR) is 93.5 cm³/mol. The number of rotatable bonds is 2. The number of halogens is 1. The molecule has 1 fully saturated rings. The Balaban J connectivity index is 1.67. The normalized spacial score (nSPS) is 21.2. The maximum Gasteiger partial charge on any atom is 0.410 e. The summed E-state index contributed by atoms with van der Waals surface area (Å²) in [6.07, 6.45) is -0.274. The Kier molecular flexibility index (Phi) is 4.79. The minimum atomic E-state index is -1.28. The molecule has 0 unspecified atom stereocenters. The molecular weight excluding hydrogens is 323 g/mol. The highest BCUT2D eigenvalue weighted by atomic mass is 19.1. The summed E-state index contributed by atoms with van der Waals surface area (Å²) in [4.78, 5) is 17.8. The van der Waals surface area contributed by atoms with Gasteiger partial charge in [-0.2, -0.15) is 0 Å². The lowest BCUT2D eigenvalue weighted by Crippen LogP contribution is -2.50. The van der Waals surface area contributed by atoms with Crippen LogP contribution in [0.25, 0.3) is 10.9 Å². The Labute approximate surface area is 146 Å². The molecule has 25 heavy (non-hydrogen) atoms. The van der Waals surface area contributed by atoms with Gasteiger partial charge in [0, 0.05) is 24.5 Å². The zero-order valence-corrected chi connectivity index (χ0v) is 14.7. The van der Waals surface area contributed by atoms with Gasteiger partial charge in [-0.1, -0.05) is 18.2 Å². The number of amides is 1. The minimum Gasteiger partial charge on any atom is -0.485 e. The number of benzene rings is 1. The highest BCUT2D eigenvalue weighted by Gasteiger charge is 2.35. The summed E-state index contributed by atoms with van der Waals surface area (Å²) in [5.74, 6) is 0.566. The van der Waals surface area contributed by atoms with E-state index in [2.05, 4.69) is 4.98 Å². The third-order valence-electron chi connectivity index (χ3n) is 4.01. The number of fused-ring (bicyclic) bond motifs is 1. The molecule has 0 bridgehead atoms. The molecule has 5 nitrogen and oxygen atoms in total. The summed E-state index contributed by atoms with van der Waals surface area (Å²) >= 11 is 0. The number of ether oxygens (including phenoxy) is 2. The number of carbonyl (C=O) groups is 1. The van der Waals surface area contributed by atoms with Crippen LogP contribution in [0.15, 0.2) is 36.5 Å². The molecule has 0 spiro atoms. The number of pyridine rings is 1. The largest absolute Gasteiger partial charge is 0.485 e. The lowest BCUT2D eigenvalue weighted by molar-refractivity contribution is -0.0102. The first kappa shape index (κ1) is 17.5. The van der Waals surface area contributed by atoms with E-state index in [1.165, 1.54) is 4.90 Å². The minimum absolute atomic E-state index is 0.0300. The second kappa shape index (κ2) is 6.86. The molecule has 1 aromatic carbocycles. The molecule has 0 radical (unpaired) electrons. The molecule has 2 heterocycles.